The third kappa shape index (κ3) is 2.00. The van der Waals surface area contributed by atoms with Crippen LogP contribution >= 0.6 is 0 Å². The lowest BCUT2D eigenvalue weighted by Crippen LogP contribution is -2.32. The number of aliphatic hydroxyl groups is 3. The number of rotatable bonds is 3. The Hall–Kier alpha value is -1.55. The number of imidazole rings is 1. The molecular formula is C8H11N3O6. The third-order valence-corrected chi connectivity index (χ3v) is 2.45. The first kappa shape index (κ1) is 10.6. The molecule has 1 aliphatic heterocycles. The Morgan fingerprint density at radius 2 is 2.41 bits per heavy atom. The Balaban J connectivity index is 2.29. The predicted octanol–water partition coefficient (Wildman–Crippen LogP) is -1.53. The molecule has 9 nitrogen and oxygen atoms in total. The van der Waals surface area contributed by atoms with Gasteiger partial charge in [0, 0.05) is 0 Å². The van der Waals surface area contributed by atoms with E-state index in [2.05, 4.69) is 9.97 Å². The van der Waals surface area contributed by atoms with Crippen molar-refractivity contribution < 1.29 is 26.4 Å². The summed E-state index contributed by atoms with van der Waals surface area (Å²) in [5, 5.41) is 38.7. The molecule has 94 valence electrons. The largest absolute Gasteiger partial charge is 0.432 e. The van der Waals surface area contributed by atoms with Crippen LogP contribution in [0, 0.1) is 10.1 Å². The van der Waals surface area contributed by atoms with Crippen molar-refractivity contribution in [2.24, 2.45) is 0 Å². The molecule has 9 heteroatoms. The van der Waals surface area contributed by atoms with Gasteiger partial charge in [-0.25, -0.2) is 4.98 Å². The highest BCUT2D eigenvalue weighted by Gasteiger charge is 2.45. The van der Waals surface area contributed by atoms with E-state index in [1.54, 1.807) is 0 Å². The van der Waals surface area contributed by atoms with Crippen molar-refractivity contribution in [2.45, 2.75) is 24.4 Å². The van der Waals surface area contributed by atoms with Crippen molar-refractivity contribution in [1.82, 2.24) is 9.97 Å². The number of aliphatic hydroxyl groups excluding tert-OH is 2. The molecule has 1 fully saturated rings. The summed E-state index contributed by atoms with van der Waals surface area (Å²) in [5.74, 6) is -0.564. The number of hydrogen-bond acceptors (Lipinski definition) is 7. The monoisotopic (exact) mass is 246 g/mol. The number of hydrogen-bond donors (Lipinski definition) is 4. The minimum atomic E-state index is -2.42. The Labute approximate surface area is 96.2 Å². The van der Waals surface area contributed by atoms with E-state index in [4.69, 9.17) is 11.2 Å². The molecule has 0 spiro atoms. The zero-order chi connectivity index (χ0) is 13.5. The fourth-order valence-corrected chi connectivity index (χ4v) is 1.59. The SMILES string of the molecule is [2H][C@]1(O)[C@H](O)[C@@H](CO)O[C@H]1c1cnc([N+](=O)[O-])[nH]1. The van der Waals surface area contributed by atoms with Crippen LogP contribution < -0.4 is 0 Å². The van der Waals surface area contributed by atoms with Crippen LogP contribution in [0.15, 0.2) is 6.20 Å². The fraction of sp³-hybridized carbons (Fsp3) is 0.625. The van der Waals surface area contributed by atoms with E-state index in [1.807, 2.05) is 0 Å². The van der Waals surface area contributed by atoms with Gasteiger partial charge in [0.1, 0.15) is 36.3 Å². The minimum absolute atomic E-state index is 0.0193. The summed E-state index contributed by atoms with van der Waals surface area (Å²) in [4.78, 5) is 15.4. The first-order chi connectivity index (χ1) is 8.37. The topological polar surface area (TPSA) is 142 Å². The zero-order valence-electron chi connectivity index (χ0n) is 9.48. The van der Waals surface area contributed by atoms with E-state index in [9.17, 15) is 20.3 Å². The second kappa shape index (κ2) is 4.37. The number of nitro groups is 1. The maximum absolute atomic E-state index is 10.4. The molecule has 0 unspecified atom stereocenters. The molecule has 17 heavy (non-hydrogen) atoms. The van der Waals surface area contributed by atoms with Crippen LogP contribution in [0.5, 0.6) is 0 Å². The Bertz CT molecular complexity index is 463. The molecular weight excluding hydrogens is 234 g/mol. The lowest BCUT2D eigenvalue weighted by atomic mass is 10.1. The molecule has 1 aliphatic rings. The summed E-state index contributed by atoms with van der Waals surface area (Å²) in [6, 6.07) is 0. The maximum atomic E-state index is 10.4. The van der Waals surface area contributed by atoms with E-state index in [-0.39, 0.29) is 5.69 Å². The highest BCUT2D eigenvalue weighted by Crippen LogP contribution is 2.32. The molecule has 0 aliphatic carbocycles. The van der Waals surface area contributed by atoms with Gasteiger partial charge in [0.15, 0.2) is 0 Å². The molecule has 0 bridgehead atoms. The Morgan fingerprint density at radius 3 is 2.88 bits per heavy atom. The van der Waals surface area contributed by atoms with Gasteiger partial charge >= 0.3 is 5.95 Å². The first-order valence-corrected chi connectivity index (χ1v) is 4.74. The lowest BCUT2D eigenvalue weighted by Gasteiger charge is -2.10. The van der Waals surface area contributed by atoms with Gasteiger partial charge < -0.3 is 30.2 Å². The van der Waals surface area contributed by atoms with Gasteiger partial charge in [0.05, 0.1) is 7.98 Å². The summed E-state index contributed by atoms with van der Waals surface area (Å²) in [6.07, 6.45) is -5.51. The van der Waals surface area contributed by atoms with Crippen LogP contribution in [0.3, 0.4) is 0 Å². The average Bonchev–Trinajstić information content (AvgIpc) is 2.85. The summed E-state index contributed by atoms with van der Waals surface area (Å²) in [5.41, 5.74) is -0.0193. The van der Waals surface area contributed by atoms with Crippen LogP contribution in [0.1, 0.15) is 13.2 Å². The quantitative estimate of drug-likeness (QED) is 0.374. The molecule has 1 saturated heterocycles. The van der Waals surface area contributed by atoms with Gasteiger partial charge in [-0.15, -0.1) is 0 Å². The summed E-state index contributed by atoms with van der Waals surface area (Å²) in [7, 11) is 0. The van der Waals surface area contributed by atoms with E-state index in [0.717, 1.165) is 6.20 Å². The number of aromatic amines is 1. The van der Waals surface area contributed by atoms with Crippen molar-refractivity contribution >= 4 is 5.95 Å². The summed E-state index contributed by atoms with van der Waals surface area (Å²) in [6.45, 7) is -0.588. The molecule has 0 amide bonds. The van der Waals surface area contributed by atoms with Gasteiger partial charge in [-0.3, -0.25) is 0 Å². The van der Waals surface area contributed by atoms with Crippen molar-refractivity contribution in [1.29, 1.82) is 0 Å². The van der Waals surface area contributed by atoms with Crippen molar-refractivity contribution in [3.8, 4) is 0 Å². The number of H-pyrrole nitrogens is 1. The lowest BCUT2D eigenvalue weighted by molar-refractivity contribution is -0.393. The molecule has 4 atom stereocenters. The Kier molecular flexibility index (Phi) is 2.73. The Morgan fingerprint density at radius 1 is 1.71 bits per heavy atom. The van der Waals surface area contributed by atoms with Crippen LogP contribution in [0.25, 0.3) is 0 Å². The first-order valence-electron chi connectivity index (χ1n) is 5.24. The maximum Gasteiger partial charge on any atom is 0.432 e. The zero-order valence-corrected chi connectivity index (χ0v) is 8.48. The minimum Gasteiger partial charge on any atom is -0.394 e. The highest BCUT2D eigenvalue weighted by atomic mass is 16.6. The van der Waals surface area contributed by atoms with Gasteiger partial charge in [0.25, 0.3) is 0 Å². The van der Waals surface area contributed by atoms with E-state index < -0.39 is 41.9 Å². The number of nitrogens with one attached hydrogen (secondary N) is 1. The van der Waals surface area contributed by atoms with Crippen LogP contribution in [-0.4, -0.2) is 55.1 Å². The highest BCUT2D eigenvalue weighted by molar-refractivity contribution is 5.16. The molecule has 4 N–H and O–H groups in total. The third-order valence-electron chi connectivity index (χ3n) is 2.45. The van der Waals surface area contributed by atoms with Gasteiger partial charge in [-0.05, 0) is 4.92 Å². The standard InChI is InChI=1S/C8H11N3O6/c12-2-4-5(13)6(14)7(17-4)3-1-9-8(10-3)11(15)16/h1,4-7,12-14H,2H2,(H,9,10)/t4-,5-,6+,7+/m1/s1/i6D. The van der Waals surface area contributed by atoms with Crippen molar-refractivity contribution in [3.63, 3.8) is 0 Å². The van der Waals surface area contributed by atoms with E-state index in [0.29, 0.717) is 0 Å². The smallest absolute Gasteiger partial charge is 0.394 e. The van der Waals surface area contributed by atoms with Crippen LogP contribution in [-0.2, 0) is 4.74 Å². The van der Waals surface area contributed by atoms with Crippen LogP contribution in [0.2, 0.25) is 0 Å². The second-order valence-corrected chi connectivity index (χ2v) is 3.53. The van der Waals surface area contributed by atoms with Crippen LogP contribution in [0.4, 0.5) is 5.95 Å². The number of ether oxygens (including phenoxy) is 1. The average molecular weight is 246 g/mol. The molecule has 1 aromatic rings. The molecule has 2 heterocycles. The van der Waals surface area contributed by atoms with Crippen molar-refractivity contribution in [2.75, 3.05) is 6.61 Å². The molecule has 0 aromatic carbocycles. The number of nitrogens with zero attached hydrogens (tertiary/aromatic N) is 2. The predicted molar refractivity (Wildman–Crippen MR) is 52.0 cm³/mol. The summed E-state index contributed by atoms with van der Waals surface area (Å²) < 4.78 is 12.7. The molecule has 1 aromatic heterocycles. The normalized spacial score (nSPS) is 38.1. The fourth-order valence-electron chi connectivity index (χ4n) is 1.59. The van der Waals surface area contributed by atoms with Gasteiger partial charge in [-0.1, -0.05) is 4.98 Å². The second-order valence-electron chi connectivity index (χ2n) is 3.53. The van der Waals surface area contributed by atoms with E-state index in [1.165, 1.54) is 0 Å². The summed E-state index contributed by atoms with van der Waals surface area (Å²) >= 11 is 0. The number of aromatic nitrogens is 2. The molecule has 0 saturated carbocycles. The molecule has 0 radical (unpaired) electrons. The van der Waals surface area contributed by atoms with E-state index >= 15 is 0 Å². The van der Waals surface area contributed by atoms with Crippen molar-refractivity contribution in [3.05, 3.63) is 22.0 Å². The van der Waals surface area contributed by atoms with Gasteiger partial charge in [-0.2, -0.15) is 0 Å². The molecule has 2 rings (SSSR count). The van der Waals surface area contributed by atoms with Gasteiger partial charge in [0.2, 0.25) is 0 Å².